The van der Waals surface area contributed by atoms with Crippen LogP contribution in [0.4, 0.5) is 0 Å². The van der Waals surface area contributed by atoms with Gasteiger partial charge in [0.15, 0.2) is 5.82 Å². The van der Waals surface area contributed by atoms with Crippen LogP contribution < -0.4 is 5.73 Å². The topological polar surface area (TPSA) is 64.9 Å². The Morgan fingerprint density at radius 2 is 2.22 bits per heavy atom. The molecule has 0 spiro atoms. The Balaban J connectivity index is 1.92. The standard InChI is InChI=1S/C12H11BrClN3O/c13-9-5-7(14)3-4-8(9)12-16-11(17-18-12)10(15)6-1-2-6/h3-6,10H,1-2,15H2. The number of benzene rings is 1. The summed E-state index contributed by atoms with van der Waals surface area (Å²) in [5.41, 5.74) is 6.86. The molecule has 1 aromatic heterocycles. The molecule has 2 N–H and O–H groups in total. The molecule has 94 valence electrons. The maximum atomic E-state index is 6.04. The molecular weight excluding hydrogens is 318 g/mol. The van der Waals surface area contributed by atoms with Gasteiger partial charge >= 0.3 is 0 Å². The molecule has 0 aliphatic heterocycles. The number of nitrogens with zero attached hydrogens (tertiary/aromatic N) is 2. The van der Waals surface area contributed by atoms with Gasteiger partial charge < -0.3 is 10.3 Å². The second kappa shape index (κ2) is 4.64. The molecule has 4 nitrogen and oxygen atoms in total. The molecule has 0 saturated heterocycles. The van der Waals surface area contributed by atoms with Crippen LogP contribution in [0.25, 0.3) is 11.5 Å². The van der Waals surface area contributed by atoms with Gasteiger partial charge in [0.25, 0.3) is 5.89 Å². The lowest BCUT2D eigenvalue weighted by Gasteiger charge is -2.02. The molecule has 6 heteroatoms. The van der Waals surface area contributed by atoms with Crippen LogP contribution >= 0.6 is 27.5 Å². The predicted octanol–water partition coefficient (Wildman–Crippen LogP) is 3.56. The van der Waals surface area contributed by atoms with Crippen molar-refractivity contribution >= 4 is 27.5 Å². The van der Waals surface area contributed by atoms with Crippen molar-refractivity contribution in [2.75, 3.05) is 0 Å². The Hall–Kier alpha value is -0.910. The average Bonchev–Trinajstić information content (AvgIpc) is 3.07. The molecule has 1 aliphatic carbocycles. The summed E-state index contributed by atoms with van der Waals surface area (Å²) in [7, 11) is 0. The van der Waals surface area contributed by atoms with E-state index in [0.717, 1.165) is 22.9 Å². The summed E-state index contributed by atoms with van der Waals surface area (Å²) in [6.45, 7) is 0. The van der Waals surface area contributed by atoms with Crippen molar-refractivity contribution in [2.45, 2.75) is 18.9 Å². The fourth-order valence-electron chi connectivity index (χ4n) is 1.81. The highest BCUT2D eigenvalue weighted by Gasteiger charge is 2.32. The first-order chi connectivity index (χ1) is 8.65. The molecule has 1 saturated carbocycles. The average molecular weight is 329 g/mol. The van der Waals surface area contributed by atoms with Gasteiger partial charge in [0.1, 0.15) is 0 Å². The van der Waals surface area contributed by atoms with E-state index in [2.05, 4.69) is 26.1 Å². The second-order valence-corrected chi connectivity index (χ2v) is 5.74. The number of hydrogen-bond donors (Lipinski definition) is 1. The largest absolute Gasteiger partial charge is 0.334 e. The lowest BCUT2D eigenvalue weighted by atomic mass is 10.2. The molecule has 0 amide bonds. The maximum absolute atomic E-state index is 6.04. The summed E-state index contributed by atoms with van der Waals surface area (Å²) in [4.78, 5) is 4.36. The van der Waals surface area contributed by atoms with Crippen LogP contribution in [0.3, 0.4) is 0 Å². The first-order valence-corrected chi connectivity index (χ1v) is 6.87. The second-order valence-electron chi connectivity index (χ2n) is 4.45. The summed E-state index contributed by atoms with van der Waals surface area (Å²) in [5, 5.41) is 4.61. The van der Waals surface area contributed by atoms with Crippen molar-refractivity contribution in [1.82, 2.24) is 10.1 Å². The third-order valence-corrected chi connectivity index (χ3v) is 3.92. The molecule has 3 rings (SSSR count). The number of hydrogen-bond acceptors (Lipinski definition) is 4. The molecule has 2 aromatic rings. The molecule has 0 bridgehead atoms. The van der Waals surface area contributed by atoms with E-state index >= 15 is 0 Å². The maximum Gasteiger partial charge on any atom is 0.259 e. The van der Waals surface area contributed by atoms with E-state index in [0.29, 0.717) is 22.7 Å². The van der Waals surface area contributed by atoms with Gasteiger partial charge in [-0.1, -0.05) is 16.8 Å². The van der Waals surface area contributed by atoms with Crippen molar-refractivity contribution in [3.05, 3.63) is 33.5 Å². The van der Waals surface area contributed by atoms with Crippen LogP contribution in [-0.4, -0.2) is 10.1 Å². The van der Waals surface area contributed by atoms with E-state index < -0.39 is 0 Å². The molecule has 1 unspecified atom stereocenters. The van der Waals surface area contributed by atoms with Crippen molar-refractivity contribution in [3.8, 4) is 11.5 Å². The summed E-state index contributed by atoms with van der Waals surface area (Å²) in [6.07, 6.45) is 2.30. The number of rotatable bonds is 3. The lowest BCUT2D eigenvalue weighted by molar-refractivity contribution is 0.411. The van der Waals surface area contributed by atoms with Crippen LogP contribution in [0.1, 0.15) is 24.7 Å². The van der Waals surface area contributed by atoms with Gasteiger partial charge in [-0.3, -0.25) is 0 Å². The van der Waals surface area contributed by atoms with E-state index in [1.807, 2.05) is 6.07 Å². The predicted molar refractivity (Wildman–Crippen MR) is 72.1 cm³/mol. The van der Waals surface area contributed by atoms with Crippen LogP contribution in [0.15, 0.2) is 27.2 Å². The van der Waals surface area contributed by atoms with Crippen LogP contribution in [0.2, 0.25) is 5.02 Å². The molecule has 1 heterocycles. The van der Waals surface area contributed by atoms with Gasteiger partial charge in [0.05, 0.1) is 11.6 Å². The van der Waals surface area contributed by atoms with Gasteiger partial charge in [-0.2, -0.15) is 4.98 Å². The third kappa shape index (κ3) is 2.30. The molecular formula is C12H11BrClN3O. The third-order valence-electron chi connectivity index (χ3n) is 3.03. The minimum Gasteiger partial charge on any atom is -0.334 e. The first-order valence-electron chi connectivity index (χ1n) is 5.70. The Morgan fingerprint density at radius 3 is 2.89 bits per heavy atom. The molecule has 18 heavy (non-hydrogen) atoms. The van der Waals surface area contributed by atoms with Gasteiger partial charge in [-0.25, -0.2) is 0 Å². The van der Waals surface area contributed by atoms with Gasteiger partial charge in [0.2, 0.25) is 0 Å². The van der Waals surface area contributed by atoms with Gasteiger partial charge in [0, 0.05) is 9.50 Å². The van der Waals surface area contributed by atoms with Crippen molar-refractivity contribution in [1.29, 1.82) is 0 Å². The molecule has 1 fully saturated rings. The fourth-order valence-corrected chi connectivity index (χ4v) is 2.66. The van der Waals surface area contributed by atoms with Crippen molar-refractivity contribution in [3.63, 3.8) is 0 Å². The Morgan fingerprint density at radius 1 is 1.44 bits per heavy atom. The highest BCUT2D eigenvalue weighted by molar-refractivity contribution is 9.10. The minimum absolute atomic E-state index is 0.117. The summed E-state index contributed by atoms with van der Waals surface area (Å²) >= 11 is 9.32. The summed E-state index contributed by atoms with van der Waals surface area (Å²) in [6, 6.07) is 5.30. The summed E-state index contributed by atoms with van der Waals surface area (Å²) in [5.74, 6) is 1.54. The van der Waals surface area contributed by atoms with Crippen LogP contribution in [0, 0.1) is 5.92 Å². The van der Waals surface area contributed by atoms with E-state index in [1.54, 1.807) is 12.1 Å². The van der Waals surface area contributed by atoms with Gasteiger partial charge in [-0.05, 0) is 52.9 Å². The smallest absolute Gasteiger partial charge is 0.259 e. The highest BCUT2D eigenvalue weighted by atomic mass is 79.9. The summed E-state index contributed by atoms with van der Waals surface area (Å²) < 4.78 is 6.08. The zero-order valence-corrected chi connectivity index (χ0v) is 11.8. The lowest BCUT2D eigenvalue weighted by Crippen LogP contribution is -2.13. The number of nitrogens with two attached hydrogens (primary N) is 1. The van der Waals surface area contributed by atoms with Crippen molar-refractivity contribution < 1.29 is 4.52 Å². The van der Waals surface area contributed by atoms with E-state index in [1.165, 1.54) is 0 Å². The SMILES string of the molecule is NC(c1noc(-c2ccc(Cl)cc2Br)n1)C1CC1. The molecule has 0 radical (unpaired) electrons. The zero-order chi connectivity index (χ0) is 12.7. The van der Waals surface area contributed by atoms with Crippen LogP contribution in [-0.2, 0) is 0 Å². The normalized spacial score (nSPS) is 16.8. The quantitative estimate of drug-likeness (QED) is 0.935. The highest BCUT2D eigenvalue weighted by Crippen LogP contribution is 2.39. The first kappa shape index (κ1) is 12.1. The molecule has 1 aliphatic rings. The Kier molecular flexibility index (Phi) is 3.13. The number of halogens is 2. The van der Waals surface area contributed by atoms with Crippen LogP contribution in [0.5, 0.6) is 0 Å². The van der Waals surface area contributed by atoms with Gasteiger partial charge in [-0.15, -0.1) is 0 Å². The van der Waals surface area contributed by atoms with E-state index in [-0.39, 0.29) is 6.04 Å². The zero-order valence-electron chi connectivity index (χ0n) is 9.44. The Bertz CT molecular complexity index is 582. The number of aromatic nitrogens is 2. The van der Waals surface area contributed by atoms with Crippen molar-refractivity contribution in [2.24, 2.45) is 11.7 Å². The molecule has 1 atom stereocenters. The van der Waals surface area contributed by atoms with E-state index in [9.17, 15) is 0 Å². The molecule has 1 aromatic carbocycles. The fraction of sp³-hybridized carbons (Fsp3) is 0.333. The minimum atomic E-state index is -0.117. The van der Waals surface area contributed by atoms with E-state index in [4.69, 9.17) is 21.9 Å². The monoisotopic (exact) mass is 327 g/mol. The Labute approximate surface area is 118 Å².